The van der Waals surface area contributed by atoms with Crippen molar-refractivity contribution in [2.24, 2.45) is 29.6 Å². The van der Waals surface area contributed by atoms with E-state index < -0.39 is 23.6 Å². The molecule has 2 amide bonds. The van der Waals surface area contributed by atoms with Crippen molar-refractivity contribution in [2.75, 3.05) is 4.90 Å². The van der Waals surface area contributed by atoms with Crippen LogP contribution in [-0.2, 0) is 15.8 Å². The number of aromatic amines is 1. The van der Waals surface area contributed by atoms with Crippen LogP contribution in [0.4, 0.5) is 18.9 Å². The number of H-pyrrole nitrogens is 1. The summed E-state index contributed by atoms with van der Waals surface area (Å²) in [4.78, 5) is 37.1. The van der Waals surface area contributed by atoms with E-state index in [2.05, 4.69) is 9.97 Å². The first kappa shape index (κ1) is 22.7. The summed E-state index contributed by atoms with van der Waals surface area (Å²) in [6.45, 7) is 0. The van der Waals surface area contributed by atoms with E-state index in [1.165, 1.54) is 23.5 Å². The molecule has 3 aromatic rings. The van der Waals surface area contributed by atoms with Crippen molar-refractivity contribution in [1.29, 1.82) is 0 Å². The summed E-state index contributed by atoms with van der Waals surface area (Å²) < 4.78 is 40.7. The molecule has 4 heterocycles. The number of amides is 2. The maximum Gasteiger partial charge on any atom is 0.416 e. The molecular formula is C25H18F3N3O2S3. The van der Waals surface area contributed by atoms with Crippen LogP contribution in [0.5, 0.6) is 0 Å². The highest BCUT2D eigenvalue weighted by Gasteiger charge is 2.69. The van der Waals surface area contributed by atoms with E-state index >= 15 is 0 Å². The fourth-order valence-electron chi connectivity index (χ4n) is 7.03. The van der Waals surface area contributed by atoms with Crippen LogP contribution in [0.1, 0.15) is 28.3 Å². The molecule has 1 saturated heterocycles. The second-order valence-corrected chi connectivity index (χ2v) is 12.7. The third kappa shape index (κ3) is 3.08. The van der Waals surface area contributed by atoms with Crippen LogP contribution < -0.4 is 4.90 Å². The van der Waals surface area contributed by atoms with Gasteiger partial charge in [-0.05, 0) is 66.2 Å². The number of thiazole rings is 1. The number of pyridine rings is 1. The molecule has 2 aromatic heterocycles. The second-order valence-electron chi connectivity index (χ2n) is 9.81. The number of rotatable bonds is 2. The Morgan fingerprint density at radius 1 is 1.08 bits per heavy atom. The van der Waals surface area contributed by atoms with Crippen molar-refractivity contribution in [3.05, 3.63) is 68.8 Å². The Morgan fingerprint density at radius 3 is 2.58 bits per heavy atom. The predicted molar refractivity (Wildman–Crippen MR) is 131 cm³/mol. The molecule has 0 radical (unpaired) electrons. The van der Waals surface area contributed by atoms with Crippen molar-refractivity contribution in [3.63, 3.8) is 0 Å². The molecule has 2 bridgehead atoms. The number of anilines is 1. The van der Waals surface area contributed by atoms with Gasteiger partial charge in [-0.2, -0.15) is 13.2 Å². The molecule has 7 unspecified atom stereocenters. The van der Waals surface area contributed by atoms with Gasteiger partial charge in [0.15, 0.2) is 3.95 Å². The standard InChI is InChI=1S/C25H18F3N3O2S3/c26-25(27,28)11-4-1-5-12(7-11)31-22(32)17-13-8-14(18(17)23(31)33)19-16(13)15(10-3-2-6-29-9-10)20-21(35-19)30-24(34)36-20/h1-7,9,13-19H,8H2,(H,30,34). The Labute approximate surface area is 217 Å². The average molecular weight is 546 g/mol. The monoisotopic (exact) mass is 545 g/mol. The van der Waals surface area contributed by atoms with E-state index in [0.29, 0.717) is 3.95 Å². The minimum absolute atomic E-state index is 0.000593. The summed E-state index contributed by atoms with van der Waals surface area (Å²) in [5.74, 6) is -1.75. The quantitative estimate of drug-likeness (QED) is 0.321. The van der Waals surface area contributed by atoms with E-state index in [1.807, 2.05) is 18.3 Å². The molecule has 3 fully saturated rings. The van der Waals surface area contributed by atoms with Crippen molar-refractivity contribution in [1.82, 2.24) is 9.97 Å². The van der Waals surface area contributed by atoms with E-state index in [-0.39, 0.29) is 46.4 Å². The molecule has 4 aliphatic rings. The van der Waals surface area contributed by atoms with Crippen LogP contribution in [0, 0.1) is 33.5 Å². The molecule has 2 saturated carbocycles. The first-order chi connectivity index (χ1) is 17.2. The fraction of sp³-hybridized carbons (Fsp3) is 0.360. The van der Waals surface area contributed by atoms with E-state index in [4.69, 9.17) is 12.2 Å². The van der Waals surface area contributed by atoms with Gasteiger partial charge >= 0.3 is 6.18 Å². The summed E-state index contributed by atoms with van der Waals surface area (Å²) in [6.07, 6.45) is -0.222. The Kier molecular flexibility index (Phi) is 4.88. The molecule has 184 valence electrons. The Balaban J connectivity index is 1.30. The normalized spacial score (nSPS) is 32.5. The van der Waals surface area contributed by atoms with Gasteiger partial charge in [-0.25, -0.2) is 0 Å². The molecule has 36 heavy (non-hydrogen) atoms. The van der Waals surface area contributed by atoms with Crippen molar-refractivity contribution < 1.29 is 22.8 Å². The highest BCUT2D eigenvalue weighted by Crippen LogP contribution is 2.69. The zero-order valence-electron chi connectivity index (χ0n) is 18.4. The van der Waals surface area contributed by atoms with Gasteiger partial charge in [0.1, 0.15) is 0 Å². The highest BCUT2D eigenvalue weighted by molar-refractivity contribution is 8.00. The van der Waals surface area contributed by atoms with Crippen molar-refractivity contribution >= 4 is 52.8 Å². The third-order valence-corrected chi connectivity index (χ3v) is 11.1. The van der Waals surface area contributed by atoms with Crippen molar-refractivity contribution in [2.45, 2.75) is 28.8 Å². The Bertz CT molecular complexity index is 1470. The van der Waals surface area contributed by atoms with Crippen LogP contribution >= 0.6 is 35.3 Å². The van der Waals surface area contributed by atoms with Gasteiger partial charge in [0.2, 0.25) is 11.8 Å². The summed E-state index contributed by atoms with van der Waals surface area (Å²) in [7, 11) is 0. The fourth-order valence-corrected chi connectivity index (χ4v) is 10.4. The van der Waals surface area contributed by atoms with Gasteiger partial charge in [0.25, 0.3) is 0 Å². The third-order valence-electron chi connectivity index (χ3n) is 8.20. The molecule has 1 aromatic carbocycles. The molecule has 11 heteroatoms. The van der Waals surface area contributed by atoms with Crippen LogP contribution in [0.3, 0.4) is 0 Å². The van der Waals surface area contributed by atoms with Crippen LogP contribution in [-0.4, -0.2) is 27.0 Å². The number of alkyl halides is 3. The smallest absolute Gasteiger partial charge is 0.332 e. The predicted octanol–water partition coefficient (Wildman–Crippen LogP) is 5.90. The Morgan fingerprint density at radius 2 is 1.86 bits per heavy atom. The first-order valence-corrected chi connectivity index (χ1v) is 13.7. The number of carbonyl (C=O) groups is 2. The van der Waals surface area contributed by atoms with Crippen LogP contribution in [0.15, 0.2) is 53.8 Å². The SMILES string of the molecule is O=C1C2C3CC(C2C(=O)N1c1cccc(C(F)(F)F)c1)C1C(c2cccnc2)c2sc(=S)[nH]c2SC31. The first-order valence-electron chi connectivity index (χ1n) is 11.6. The van der Waals surface area contributed by atoms with Gasteiger partial charge in [0, 0.05) is 28.4 Å². The van der Waals surface area contributed by atoms with E-state index in [1.54, 1.807) is 18.0 Å². The number of thioether (sulfide) groups is 1. The van der Waals surface area contributed by atoms with Gasteiger partial charge in [0.05, 0.1) is 28.1 Å². The summed E-state index contributed by atoms with van der Waals surface area (Å²) in [5.41, 5.74) is 0.173. The summed E-state index contributed by atoms with van der Waals surface area (Å²) in [5, 5.41) is 1.11. The number of halogens is 3. The zero-order valence-corrected chi connectivity index (χ0v) is 20.9. The molecule has 7 atom stereocenters. The van der Waals surface area contributed by atoms with Crippen LogP contribution in [0.2, 0.25) is 0 Å². The number of aromatic nitrogens is 2. The lowest BCUT2D eigenvalue weighted by Gasteiger charge is -2.42. The van der Waals surface area contributed by atoms with E-state index in [9.17, 15) is 22.8 Å². The number of nitrogens with zero attached hydrogens (tertiary/aromatic N) is 2. The topological polar surface area (TPSA) is 66.1 Å². The second kappa shape index (κ2) is 7.75. The molecule has 0 spiro atoms. The number of fused-ring (bicyclic) bond motifs is 9. The molecular weight excluding hydrogens is 527 g/mol. The van der Waals surface area contributed by atoms with Crippen LogP contribution in [0.25, 0.3) is 0 Å². The highest BCUT2D eigenvalue weighted by atomic mass is 32.2. The Hall–Kier alpha value is -2.50. The largest absolute Gasteiger partial charge is 0.416 e. The minimum Gasteiger partial charge on any atom is -0.332 e. The molecule has 1 N–H and O–H groups in total. The number of imide groups is 1. The number of nitrogens with one attached hydrogen (secondary N) is 1. The maximum absolute atomic E-state index is 13.7. The number of hydrogen-bond acceptors (Lipinski definition) is 6. The average Bonchev–Trinajstić information content (AvgIpc) is 3.58. The molecule has 7 rings (SSSR count). The zero-order chi connectivity index (χ0) is 24.9. The van der Waals surface area contributed by atoms with Gasteiger partial charge in [-0.3, -0.25) is 19.5 Å². The molecule has 2 aliphatic carbocycles. The lowest BCUT2D eigenvalue weighted by atomic mass is 9.68. The number of hydrogen-bond donors (Lipinski definition) is 1. The lowest BCUT2D eigenvalue weighted by molar-refractivity contribution is -0.137. The number of carbonyl (C=O) groups excluding carboxylic acids is 2. The van der Waals surface area contributed by atoms with Crippen molar-refractivity contribution in [3.8, 4) is 0 Å². The number of benzene rings is 1. The molecule has 5 nitrogen and oxygen atoms in total. The molecule has 2 aliphatic heterocycles. The van der Waals surface area contributed by atoms with E-state index in [0.717, 1.165) is 38.9 Å². The van der Waals surface area contributed by atoms with Gasteiger partial charge in [-0.1, -0.05) is 12.1 Å². The summed E-state index contributed by atoms with van der Waals surface area (Å²) in [6, 6.07) is 8.44. The van der Waals surface area contributed by atoms with Gasteiger partial charge < -0.3 is 4.98 Å². The minimum atomic E-state index is -4.56. The van der Waals surface area contributed by atoms with Gasteiger partial charge in [-0.15, -0.1) is 23.1 Å². The lowest BCUT2D eigenvalue weighted by Crippen LogP contribution is -2.42. The summed E-state index contributed by atoms with van der Waals surface area (Å²) >= 11 is 8.69. The maximum atomic E-state index is 13.7.